The van der Waals surface area contributed by atoms with Crippen molar-refractivity contribution in [2.24, 2.45) is 0 Å². The molecular formula is C54H68N7O15P3. The van der Waals surface area contributed by atoms with E-state index in [-0.39, 0.29) is 53.5 Å². The first-order valence-electron chi connectivity index (χ1n) is 26.5. The van der Waals surface area contributed by atoms with Crippen LogP contribution in [-0.2, 0) is 54.6 Å². The number of rotatable bonds is 16. The third kappa shape index (κ3) is 12.0. The molecule has 1 saturated heterocycles. The van der Waals surface area contributed by atoms with Gasteiger partial charge in [-0.25, -0.2) is 22.8 Å². The molecule has 9 rings (SSSR count). The molecule has 1 aliphatic carbocycles. The second kappa shape index (κ2) is 22.2. The maximum atomic E-state index is 14.8. The normalized spacial score (nSPS) is 22.9. The third-order valence-corrected chi connectivity index (χ3v) is 19.6. The van der Waals surface area contributed by atoms with Crippen LogP contribution in [0.5, 0.6) is 0 Å². The lowest BCUT2D eigenvalue weighted by Crippen LogP contribution is -2.50. The van der Waals surface area contributed by atoms with E-state index >= 15 is 0 Å². The monoisotopic (exact) mass is 1150 g/mol. The van der Waals surface area contributed by atoms with Gasteiger partial charge < -0.3 is 50.3 Å². The molecule has 6 unspecified atom stereocenters. The number of carbonyl (C=O) groups excluding carboxylic acids is 2. The minimum Gasteiger partial charge on any atom is -0.756 e. The number of anilines is 2. The lowest BCUT2D eigenvalue weighted by molar-refractivity contribution is -0.212. The predicted octanol–water partition coefficient (Wildman–Crippen LogP) is 3.59. The lowest BCUT2D eigenvalue weighted by atomic mass is 9.64. The Morgan fingerprint density at radius 3 is 2.48 bits per heavy atom. The quantitative estimate of drug-likeness (QED) is 0.0531. The zero-order valence-corrected chi connectivity index (χ0v) is 47.9. The van der Waals surface area contributed by atoms with Crippen LogP contribution in [0.15, 0.2) is 53.5 Å². The number of phosphoric ester groups is 1. The molecule has 2 amide bonds. The van der Waals surface area contributed by atoms with E-state index in [1.165, 1.54) is 55.8 Å². The zero-order chi connectivity index (χ0) is 57.1. The van der Waals surface area contributed by atoms with Crippen LogP contribution in [0.1, 0.15) is 147 Å². The molecule has 0 radical (unpaired) electrons. The summed E-state index contributed by atoms with van der Waals surface area (Å²) in [4.78, 5) is 87.3. The summed E-state index contributed by atoms with van der Waals surface area (Å²) in [5.74, 6) is 5.13. The molecule has 3 aromatic carbocycles. The molecule has 7 N–H and O–H groups in total. The number of aryl methyl sites for hydroxylation is 1. The van der Waals surface area contributed by atoms with Crippen molar-refractivity contribution in [2.45, 2.75) is 128 Å². The number of amides is 2. The lowest BCUT2D eigenvalue weighted by Gasteiger charge is -2.48. The summed E-state index contributed by atoms with van der Waals surface area (Å²) in [5.41, 5.74) is 16.6. The van der Waals surface area contributed by atoms with Crippen molar-refractivity contribution in [2.75, 3.05) is 57.0 Å². The van der Waals surface area contributed by atoms with E-state index in [0.717, 1.165) is 67.4 Å². The standard InChI is InChI=1S/C54H68N7O15P3/c1-8-61-42-27-41-39(26-38(42)32(2)29-53(61,3)4)47(40-25-33-16-12-23-59-24-13-19-37(49(33)59)48(40)54(41,5)6)35-17-9-10-18-36(35)51(64)58(7)22-14-20-45(63)56-21-11-15-34-30-60(52(65)57-50(34)55)46-28-43(62)44(74-46)31-73-78(69,70)76-79(71,72)75-77(66,67)68/h9-10,17-18,25-27,30,32,43-44,46,62H,8,12-14,16,19-24,28-29,31H2,1-7H3,(H6-,55,56,57,63,65,66,67,68,69,70,71,72)/t32?,43-,44?,46?/m0/s1. The second-order valence-electron chi connectivity index (χ2n) is 22.1. The molecule has 424 valence electrons. The molecule has 22 nitrogen and oxygen atoms in total. The second-order valence-corrected chi connectivity index (χ2v) is 26.5. The van der Waals surface area contributed by atoms with Gasteiger partial charge in [0.1, 0.15) is 31.2 Å². The maximum Gasteiger partial charge on any atom is 0.487 e. The van der Waals surface area contributed by atoms with Crippen LogP contribution in [0.3, 0.4) is 0 Å². The van der Waals surface area contributed by atoms with Gasteiger partial charge in [0, 0.05) is 85.3 Å². The highest BCUT2D eigenvalue weighted by Crippen LogP contribution is 2.65. The molecule has 79 heavy (non-hydrogen) atoms. The van der Waals surface area contributed by atoms with Gasteiger partial charge in [-0.3, -0.25) is 23.2 Å². The van der Waals surface area contributed by atoms with Crippen LogP contribution >= 0.6 is 23.5 Å². The number of nitrogens with one attached hydrogen (secondary N) is 1. The Morgan fingerprint density at radius 1 is 1.04 bits per heavy atom. The number of hydrogen-bond acceptors (Lipinski definition) is 15. The summed E-state index contributed by atoms with van der Waals surface area (Å²) >= 11 is 0. The van der Waals surface area contributed by atoms with Gasteiger partial charge >= 0.3 is 21.3 Å². The van der Waals surface area contributed by atoms with Crippen LogP contribution < -0.4 is 41.7 Å². The highest BCUT2D eigenvalue weighted by atomic mass is 31.3. The van der Waals surface area contributed by atoms with Gasteiger partial charge in [0.05, 0.1) is 24.8 Å². The Labute approximate surface area is 457 Å². The molecule has 4 aromatic rings. The number of phosphoric acid groups is 3. The van der Waals surface area contributed by atoms with Gasteiger partial charge in [-0.05, 0) is 115 Å². The molecule has 0 bridgehead atoms. The summed E-state index contributed by atoms with van der Waals surface area (Å²) in [6, 6.07) is 15.3. The van der Waals surface area contributed by atoms with Crippen molar-refractivity contribution in [3.05, 3.63) is 120 Å². The summed E-state index contributed by atoms with van der Waals surface area (Å²) in [6.45, 7) is 16.3. The number of aromatic nitrogens is 2. The van der Waals surface area contributed by atoms with E-state index in [1.54, 1.807) is 11.9 Å². The van der Waals surface area contributed by atoms with Gasteiger partial charge in [-0.2, -0.15) is 9.29 Å². The van der Waals surface area contributed by atoms with E-state index in [2.05, 4.69) is 111 Å². The predicted molar refractivity (Wildman–Crippen MR) is 291 cm³/mol. The number of aliphatic hydroxyl groups is 1. The average Bonchev–Trinajstić information content (AvgIpc) is 3.58. The van der Waals surface area contributed by atoms with Crippen molar-refractivity contribution in [3.63, 3.8) is 0 Å². The molecule has 5 aliphatic rings. The van der Waals surface area contributed by atoms with Gasteiger partial charge in [-0.1, -0.05) is 50.8 Å². The number of nitrogens with zero attached hydrogens (tertiary/aromatic N) is 5. The molecule has 5 heterocycles. The number of aliphatic hydroxyl groups excluding tert-OH is 1. The van der Waals surface area contributed by atoms with Crippen LogP contribution in [0.4, 0.5) is 11.5 Å². The fourth-order valence-corrected chi connectivity index (χ4v) is 15.5. The number of nitrogens with two attached hydrogens (primary N) is 1. The summed E-state index contributed by atoms with van der Waals surface area (Å²) < 4.78 is 55.6. The topological polar surface area (TPSA) is 309 Å². The molecule has 7 atom stereocenters. The summed E-state index contributed by atoms with van der Waals surface area (Å²) in [5, 5.41) is 15.9. The van der Waals surface area contributed by atoms with E-state index in [9.17, 15) is 47.9 Å². The fourth-order valence-electron chi connectivity index (χ4n) is 12.5. The molecule has 0 saturated carbocycles. The highest BCUT2D eigenvalue weighted by Gasteiger charge is 2.45. The van der Waals surface area contributed by atoms with Gasteiger partial charge in [-0.15, -0.1) is 0 Å². The first-order valence-corrected chi connectivity index (χ1v) is 31.0. The number of carbonyl (C=O) groups is 2. The molecular weight excluding hydrogens is 1080 g/mol. The molecule has 4 aliphatic heterocycles. The Morgan fingerprint density at radius 2 is 1.76 bits per heavy atom. The van der Waals surface area contributed by atoms with Crippen LogP contribution in [0.25, 0.3) is 5.57 Å². The number of hydrogen-bond donors (Lipinski definition) is 6. The number of fused-ring (bicyclic) bond motifs is 4. The van der Waals surface area contributed by atoms with Crippen molar-refractivity contribution in [3.8, 4) is 11.8 Å². The van der Waals surface area contributed by atoms with Crippen molar-refractivity contribution >= 4 is 52.4 Å². The smallest absolute Gasteiger partial charge is 0.487 e. The Kier molecular flexibility index (Phi) is 16.4. The van der Waals surface area contributed by atoms with E-state index in [1.807, 2.05) is 18.2 Å². The number of benzene rings is 3. The first-order chi connectivity index (χ1) is 37.1. The first kappa shape index (κ1) is 58.3. The van der Waals surface area contributed by atoms with Crippen LogP contribution in [0.2, 0.25) is 0 Å². The number of ether oxygens (including phenoxy) is 1. The Balaban J connectivity index is 0.887. The molecule has 1 fully saturated rings. The summed E-state index contributed by atoms with van der Waals surface area (Å²) in [6.07, 6.45) is 2.51. The highest BCUT2D eigenvalue weighted by molar-refractivity contribution is 7.66. The van der Waals surface area contributed by atoms with E-state index < -0.39 is 54.2 Å². The average molecular weight is 1150 g/mol. The summed E-state index contributed by atoms with van der Waals surface area (Å²) in [7, 11) is -15.5. The van der Waals surface area contributed by atoms with Gasteiger partial charge in [0.2, 0.25) is 11.3 Å². The van der Waals surface area contributed by atoms with E-state index in [4.69, 9.17) is 15.4 Å². The minimum absolute atomic E-state index is 0.0130. The third-order valence-electron chi connectivity index (χ3n) is 15.8. The van der Waals surface area contributed by atoms with Crippen molar-refractivity contribution in [1.82, 2.24) is 24.3 Å². The van der Waals surface area contributed by atoms with E-state index in [0.29, 0.717) is 24.4 Å². The fraction of sp³-hybridized carbons (Fsp3) is 0.500. The molecule has 0 spiro atoms. The van der Waals surface area contributed by atoms with Gasteiger partial charge in [0.15, 0.2) is 0 Å². The molecule has 1 aromatic heterocycles. The van der Waals surface area contributed by atoms with Crippen LogP contribution in [0, 0.1) is 11.8 Å². The van der Waals surface area contributed by atoms with Crippen molar-refractivity contribution in [1.29, 1.82) is 0 Å². The largest absolute Gasteiger partial charge is 0.756 e. The Hall–Kier alpha value is -5.36. The van der Waals surface area contributed by atoms with Gasteiger partial charge in [0.25, 0.3) is 13.7 Å². The van der Waals surface area contributed by atoms with Crippen molar-refractivity contribution < 1.29 is 65.8 Å². The SMILES string of the molecule is CCN1c2cc3c(cc2C(C)CC1(C)C)C(c1ccccc1C(=O)N(C)CCCC(=O)NCC#Cc1cn(C2C[C@H](O)C(COP(=O)(O)OP(=O)(O)OP(=O)([O-])O)O2)c(=O)nc1N)=c1cc2c4c(c1C3(C)C)CCC[N+]=4CCC2. The minimum atomic E-state index is -5.87. The molecule has 25 heteroatoms. The van der Waals surface area contributed by atoms with Crippen LogP contribution in [-0.4, -0.2) is 110 Å². The maximum absolute atomic E-state index is 14.8. The zero-order valence-electron chi connectivity index (χ0n) is 45.3. The number of nitrogen functional groups attached to an aromatic ring is 1. The Bertz CT molecular complexity index is 3550.